The van der Waals surface area contributed by atoms with Crippen LogP contribution in [0.3, 0.4) is 0 Å². The standard InChI is InChI=1S/C13H18BrNO2/c1-4-13(5-2,12(16)17)15-11-7-6-10(14)8-9(11)3/h6-8,15H,4-5H2,1-3H3,(H,16,17). The van der Waals surface area contributed by atoms with Gasteiger partial charge in [-0.25, -0.2) is 4.79 Å². The molecule has 0 unspecified atom stereocenters. The Hall–Kier alpha value is -1.03. The molecule has 0 aliphatic rings. The van der Waals surface area contributed by atoms with Gasteiger partial charge >= 0.3 is 5.97 Å². The van der Waals surface area contributed by atoms with Crippen LogP contribution < -0.4 is 5.32 Å². The second-order valence-corrected chi connectivity index (χ2v) is 5.09. The number of hydrogen-bond acceptors (Lipinski definition) is 2. The minimum Gasteiger partial charge on any atom is -0.480 e. The summed E-state index contributed by atoms with van der Waals surface area (Å²) >= 11 is 3.39. The molecule has 1 rings (SSSR count). The summed E-state index contributed by atoms with van der Waals surface area (Å²) in [5.41, 5.74) is 1.03. The lowest BCUT2D eigenvalue weighted by atomic mass is 9.92. The molecule has 4 heteroatoms. The summed E-state index contributed by atoms with van der Waals surface area (Å²) in [5.74, 6) is -0.801. The zero-order valence-corrected chi connectivity index (χ0v) is 12.0. The van der Waals surface area contributed by atoms with E-state index in [1.165, 1.54) is 0 Å². The van der Waals surface area contributed by atoms with Crippen molar-refractivity contribution in [3.8, 4) is 0 Å². The molecule has 94 valence electrons. The van der Waals surface area contributed by atoms with Crippen LogP contribution in [0.4, 0.5) is 5.69 Å². The highest BCUT2D eigenvalue weighted by Crippen LogP contribution is 2.27. The number of anilines is 1. The smallest absolute Gasteiger partial charge is 0.329 e. The Morgan fingerprint density at radius 1 is 1.41 bits per heavy atom. The number of hydrogen-bond donors (Lipinski definition) is 2. The first-order chi connectivity index (χ1) is 7.95. The molecule has 0 bridgehead atoms. The highest BCUT2D eigenvalue weighted by molar-refractivity contribution is 9.10. The number of benzene rings is 1. The highest BCUT2D eigenvalue weighted by atomic mass is 79.9. The Morgan fingerprint density at radius 3 is 2.41 bits per heavy atom. The lowest BCUT2D eigenvalue weighted by Crippen LogP contribution is -2.45. The molecule has 0 aromatic heterocycles. The van der Waals surface area contributed by atoms with Crippen LogP contribution in [-0.4, -0.2) is 16.6 Å². The fraction of sp³-hybridized carbons (Fsp3) is 0.462. The molecule has 0 spiro atoms. The molecule has 0 radical (unpaired) electrons. The van der Waals surface area contributed by atoms with E-state index < -0.39 is 11.5 Å². The van der Waals surface area contributed by atoms with Crippen molar-refractivity contribution in [1.82, 2.24) is 0 Å². The van der Waals surface area contributed by atoms with Crippen LogP contribution in [0.15, 0.2) is 22.7 Å². The molecular weight excluding hydrogens is 282 g/mol. The number of halogens is 1. The van der Waals surface area contributed by atoms with Gasteiger partial charge in [0.25, 0.3) is 0 Å². The third-order valence-corrected chi connectivity index (χ3v) is 3.67. The minimum absolute atomic E-state index is 0.550. The van der Waals surface area contributed by atoms with Gasteiger partial charge in [-0.3, -0.25) is 0 Å². The van der Waals surface area contributed by atoms with Crippen molar-refractivity contribution < 1.29 is 9.90 Å². The summed E-state index contributed by atoms with van der Waals surface area (Å²) in [7, 11) is 0. The first-order valence-corrected chi connectivity index (χ1v) is 6.52. The number of nitrogens with one attached hydrogen (secondary N) is 1. The molecule has 2 N–H and O–H groups in total. The van der Waals surface area contributed by atoms with Crippen molar-refractivity contribution in [3.05, 3.63) is 28.2 Å². The van der Waals surface area contributed by atoms with Gasteiger partial charge in [0.2, 0.25) is 0 Å². The van der Waals surface area contributed by atoms with Crippen LogP contribution in [0.2, 0.25) is 0 Å². The maximum Gasteiger partial charge on any atom is 0.329 e. The Balaban J connectivity index is 3.05. The van der Waals surface area contributed by atoms with E-state index in [1.807, 2.05) is 39.0 Å². The molecule has 3 nitrogen and oxygen atoms in total. The number of aliphatic carboxylic acids is 1. The van der Waals surface area contributed by atoms with Crippen LogP contribution in [0, 0.1) is 6.92 Å². The number of aryl methyl sites for hydroxylation is 1. The molecule has 17 heavy (non-hydrogen) atoms. The van der Waals surface area contributed by atoms with Crippen LogP contribution in [-0.2, 0) is 4.79 Å². The predicted octanol–water partition coefficient (Wildman–Crippen LogP) is 3.81. The van der Waals surface area contributed by atoms with E-state index in [0.29, 0.717) is 12.8 Å². The molecule has 0 saturated carbocycles. The molecule has 0 saturated heterocycles. The SMILES string of the molecule is CCC(CC)(Nc1ccc(Br)cc1C)C(=O)O. The first-order valence-electron chi connectivity index (χ1n) is 5.73. The van der Waals surface area contributed by atoms with Crippen molar-refractivity contribution in [2.75, 3.05) is 5.32 Å². The summed E-state index contributed by atoms with van der Waals surface area (Å²) in [6.07, 6.45) is 1.10. The van der Waals surface area contributed by atoms with Gasteiger partial charge in [0.05, 0.1) is 0 Å². The van der Waals surface area contributed by atoms with Crippen molar-refractivity contribution in [3.63, 3.8) is 0 Å². The third-order valence-electron chi connectivity index (χ3n) is 3.18. The van der Waals surface area contributed by atoms with Gasteiger partial charge in [0.1, 0.15) is 5.54 Å². The van der Waals surface area contributed by atoms with Gasteiger partial charge in [-0.05, 0) is 43.5 Å². The average Bonchev–Trinajstić information content (AvgIpc) is 2.28. The van der Waals surface area contributed by atoms with Crippen LogP contribution >= 0.6 is 15.9 Å². The van der Waals surface area contributed by atoms with E-state index >= 15 is 0 Å². The van der Waals surface area contributed by atoms with Gasteiger partial charge in [-0.15, -0.1) is 0 Å². The Morgan fingerprint density at radius 2 is 2.00 bits per heavy atom. The summed E-state index contributed by atoms with van der Waals surface area (Å²) in [6, 6.07) is 5.79. The van der Waals surface area contributed by atoms with Gasteiger partial charge in [0.15, 0.2) is 0 Å². The van der Waals surface area contributed by atoms with Gasteiger partial charge in [0, 0.05) is 10.2 Å². The largest absolute Gasteiger partial charge is 0.480 e. The monoisotopic (exact) mass is 299 g/mol. The topological polar surface area (TPSA) is 49.3 Å². The lowest BCUT2D eigenvalue weighted by Gasteiger charge is -2.30. The van der Waals surface area contributed by atoms with Crippen molar-refractivity contribution in [2.24, 2.45) is 0 Å². The summed E-state index contributed by atoms with van der Waals surface area (Å²) in [4.78, 5) is 11.4. The zero-order chi connectivity index (χ0) is 13.1. The number of rotatable bonds is 5. The van der Waals surface area contributed by atoms with E-state index in [1.54, 1.807) is 0 Å². The van der Waals surface area contributed by atoms with Crippen molar-refractivity contribution in [2.45, 2.75) is 39.2 Å². The minimum atomic E-state index is -0.876. The molecule has 0 atom stereocenters. The van der Waals surface area contributed by atoms with Gasteiger partial charge < -0.3 is 10.4 Å². The zero-order valence-electron chi connectivity index (χ0n) is 10.4. The van der Waals surface area contributed by atoms with E-state index in [0.717, 1.165) is 15.7 Å². The second-order valence-electron chi connectivity index (χ2n) is 4.18. The number of carbonyl (C=O) groups is 1. The molecule has 1 aromatic rings. The molecule has 1 aromatic carbocycles. The van der Waals surface area contributed by atoms with Crippen LogP contribution in [0.5, 0.6) is 0 Å². The van der Waals surface area contributed by atoms with E-state index in [2.05, 4.69) is 21.2 Å². The Labute approximate surface area is 110 Å². The average molecular weight is 300 g/mol. The molecular formula is C13H18BrNO2. The molecule has 0 aliphatic heterocycles. The molecule has 0 fully saturated rings. The highest BCUT2D eigenvalue weighted by Gasteiger charge is 2.34. The van der Waals surface area contributed by atoms with Crippen molar-refractivity contribution >= 4 is 27.6 Å². The van der Waals surface area contributed by atoms with Gasteiger partial charge in [-0.2, -0.15) is 0 Å². The number of carboxylic acid groups (broad SMARTS) is 1. The fourth-order valence-electron chi connectivity index (χ4n) is 1.81. The Bertz CT molecular complexity index is 414. The number of carboxylic acids is 1. The normalized spacial score (nSPS) is 11.3. The van der Waals surface area contributed by atoms with E-state index in [-0.39, 0.29) is 0 Å². The second kappa shape index (κ2) is 5.54. The lowest BCUT2D eigenvalue weighted by molar-refractivity contribution is -0.142. The van der Waals surface area contributed by atoms with E-state index in [9.17, 15) is 9.90 Å². The predicted molar refractivity (Wildman–Crippen MR) is 73.5 cm³/mol. The summed E-state index contributed by atoms with van der Waals surface area (Å²) < 4.78 is 0.995. The van der Waals surface area contributed by atoms with Crippen molar-refractivity contribution in [1.29, 1.82) is 0 Å². The first kappa shape index (κ1) is 14.0. The summed E-state index contributed by atoms with van der Waals surface area (Å²) in [6.45, 7) is 5.74. The Kier molecular flexibility index (Phi) is 4.57. The maximum absolute atomic E-state index is 11.4. The van der Waals surface area contributed by atoms with Gasteiger partial charge in [-0.1, -0.05) is 29.8 Å². The van der Waals surface area contributed by atoms with Crippen LogP contribution in [0.25, 0.3) is 0 Å². The third kappa shape index (κ3) is 3.00. The molecule has 0 heterocycles. The molecule has 0 amide bonds. The maximum atomic E-state index is 11.4. The molecule has 0 aliphatic carbocycles. The fourth-order valence-corrected chi connectivity index (χ4v) is 2.28. The van der Waals surface area contributed by atoms with E-state index in [4.69, 9.17) is 0 Å². The van der Waals surface area contributed by atoms with Crippen LogP contribution in [0.1, 0.15) is 32.3 Å². The quantitative estimate of drug-likeness (QED) is 0.869. The summed E-state index contributed by atoms with van der Waals surface area (Å²) in [5, 5.41) is 12.5.